The van der Waals surface area contributed by atoms with Gasteiger partial charge in [-0.15, -0.1) is 0 Å². The predicted octanol–water partition coefficient (Wildman–Crippen LogP) is 1.62. The minimum absolute atomic E-state index is 0.125. The predicted molar refractivity (Wildman–Crippen MR) is 58.3 cm³/mol. The van der Waals surface area contributed by atoms with Crippen LogP contribution in [0, 0.1) is 17.8 Å². The molecule has 0 radical (unpaired) electrons. The second-order valence-corrected chi connectivity index (χ2v) is 4.74. The third-order valence-corrected chi connectivity index (χ3v) is 3.83. The van der Waals surface area contributed by atoms with Crippen molar-refractivity contribution in [1.82, 2.24) is 10.1 Å². The zero-order valence-corrected chi connectivity index (χ0v) is 9.54. The van der Waals surface area contributed by atoms with Gasteiger partial charge < -0.3 is 9.63 Å². The van der Waals surface area contributed by atoms with Gasteiger partial charge >= 0.3 is 5.97 Å². The summed E-state index contributed by atoms with van der Waals surface area (Å²) in [6.07, 6.45) is 5.70. The first-order chi connectivity index (χ1) is 8.20. The maximum Gasteiger partial charge on any atom is 0.307 e. The van der Waals surface area contributed by atoms with Gasteiger partial charge in [-0.2, -0.15) is 4.98 Å². The zero-order valence-electron chi connectivity index (χ0n) is 9.54. The molecule has 17 heavy (non-hydrogen) atoms. The van der Waals surface area contributed by atoms with Crippen LogP contribution in [-0.2, 0) is 11.2 Å². The van der Waals surface area contributed by atoms with Crippen molar-refractivity contribution in [3.05, 3.63) is 23.9 Å². The lowest BCUT2D eigenvalue weighted by Gasteiger charge is -2.20. The monoisotopic (exact) mass is 234 g/mol. The smallest absolute Gasteiger partial charge is 0.307 e. The molecule has 90 valence electrons. The quantitative estimate of drug-likeness (QED) is 0.804. The molecule has 0 aliphatic heterocycles. The molecule has 0 amide bonds. The van der Waals surface area contributed by atoms with Crippen molar-refractivity contribution in [1.29, 1.82) is 0 Å². The zero-order chi connectivity index (χ0) is 12.0. The lowest BCUT2D eigenvalue weighted by molar-refractivity contribution is -0.143. The number of allylic oxidation sites excluding steroid dienone is 2. The van der Waals surface area contributed by atoms with E-state index in [2.05, 4.69) is 16.2 Å². The molecule has 5 heteroatoms. The number of rotatable bonds is 3. The Bertz CT molecular complexity index is 480. The molecule has 1 aromatic rings. The summed E-state index contributed by atoms with van der Waals surface area (Å²) in [5.74, 6) is 0.196. The number of fused-ring (bicyclic) bond motifs is 2. The molecule has 0 spiro atoms. The van der Waals surface area contributed by atoms with Crippen LogP contribution >= 0.6 is 0 Å². The molecule has 1 saturated carbocycles. The van der Waals surface area contributed by atoms with Crippen molar-refractivity contribution in [3.63, 3.8) is 0 Å². The van der Waals surface area contributed by atoms with Crippen LogP contribution in [0.2, 0.25) is 0 Å². The van der Waals surface area contributed by atoms with Gasteiger partial charge in [-0.1, -0.05) is 24.2 Å². The van der Waals surface area contributed by atoms with E-state index in [9.17, 15) is 9.90 Å². The molecule has 2 aliphatic carbocycles. The van der Waals surface area contributed by atoms with Crippen molar-refractivity contribution in [2.24, 2.45) is 17.8 Å². The number of aromatic nitrogens is 2. The summed E-state index contributed by atoms with van der Waals surface area (Å²) in [6.45, 7) is 1.95. The van der Waals surface area contributed by atoms with Crippen molar-refractivity contribution >= 4 is 5.97 Å². The lowest BCUT2D eigenvalue weighted by atomic mass is 9.83. The van der Waals surface area contributed by atoms with Gasteiger partial charge in [-0.25, -0.2) is 0 Å². The molecule has 4 atom stereocenters. The minimum Gasteiger partial charge on any atom is -0.481 e. The summed E-state index contributed by atoms with van der Waals surface area (Å²) in [7, 11) is 0. The lowest BCUT2D eigenvalue weighted by Crippen LogP contribution is -2.26. The Balaban J connectivity index is 1.95. The van der Waals surface area contributed by atoms with Crippen molar-refractivity contribution in [2.45, 2.75) is 25.7 Å². The van der Waals surface area contributed by atoms with Crippen LogP contribution in [-0.4, -0.2) is 21.2 Å². The van der Waals surface area contributed by atoms with E-state index < -0.39 is 11.9 Å². The minimum atomic E-state index is -0.761. The SMILES string of the molecule is CCc1noc([C@@H]2[C@@H](C(=O)O)[C@H]3C=C[C@@H]2C3)n1. The Kier molecular flexibility index (Phi) is 2.28. The summed E-state index contributed by atoms with van der Waals surface area (Å²) in [5, 5.41) is 13.2. The summed E-state index contributed by atoms with van der Waals surface area (Å²) >= 11 is 0. The molecule has 2 bridgehead atoms. The molecule has 5 nitrogen and oxygen atoms in total. The van der Waals surface area contributed by atoms with Gasteiger partial charge in [0.1, 0.15) is 0 Å². The third kappa shape index (κ3) is 1.49. The highest BCUT2D eigenvalue weighted by Gasteiger charge is 2.51. The Morgan fingerprint density at radius 3 is 2.94 bits per heavy atom. The number of carboxylic acids is 1. The molecule has 1 N–H and O–H groups in total. The van der Waals surface area contributed by atoms with Crippen LogP contribution in [0.1, 0.15) is 31.0 Å². The summed E-state index contributed by atoms with van der Waals surface area (Å²) in [4.78, 5) is 15.6. The number of hydrogen-bond acceptors (Lipinski definition) is 4. The molecule has 3 rings (SSSR count). The molecular formula is C12H14N2O3. The summed E-state index contributed by atoms with van der Waals surface area (Å²) in [6, 6.07) is 0. The van der Waals surface area contributed by atoms with Gasteiger partial charge in [0, 0.05) is 6.42 Å². The first-order valence-electron chi connectivity index (χ1n) is 5.94. The van der Waals surface area contributed by atoms with Crippen molar-refractivity contribution < 1.29 is 14.4 Å². The van der Waals surface area contributed by atoms with Gasteiger partial charge in [0.25, 0.3) is 0 Å². The Morgan fingerprint density at radius 1 is 1.53 bits per heavy atom. The van der Waals surface area contributed by atoms with E-state index in [-0.39, 0.29) is 17.8 Å². The first kappa shape index (κ1) is 10.5. The summed E-state index contributed by atoms with van der Waals surface area (Å²) < 4.78 is 5.21. The van der Waals surface area contributed by atoms with Crippen LogP contribution in [0.25, 0.3) is 0 Å². The first-order valence-corrected chi connectivity index (χ1v) is 5.94. The number of nitrogens with zero attached hydrogens (tertiary/aromatic N) is 2. The van der Waals surface area contributed by atoms with E-state index in [0.29, 0.717) is 18.1 Å². The fourth-order valence-corrected chi connectivity index (χ4v) is 3.04. The standard InChI is InChI=1S/C12H14N2O3/c1-2-8-13-11(17-14-8)9-6-3-4-7(5-6)10(9)12(15)16/h3-4,6-7,9-10H,2,5H2,1H3,(H,15,16)/t6-,7+,9+,10+/m1/s1. The summed E-state index contributed by atoms with van der Waals surface area (Å²) in [5.41, 5.74) is 0. The van der Waals surface area contributed by atoms with E-state index in [1.807, 2.05) is 13.0 Å². The van der Waals surface area contributed by atoms with Crippen molar-refractivity contribution in [2.75, 3.05) is 0 Å². The molecule has 0 aromatic carbocycles. The van der Waals surface area contributed by atoms with Crippen LogP contribution in [0.3, 0.4) is 0 Å². The van der Waals surface area contributed by atoms with Gasteiger partial charge in [0.05, 0.1) is 11.8 Å². The Labute approximate surface area is 98.5 Å². The number of carbonyl (C=O) groups is 1. The Morgan fingerprint density at radius 2 is 2.29 bits per heavy atom. The molecule has 1 fully saturated rings. The number of aliphatic carboxylic acids is 1. The number of carboxylic acid groups (broad SMARTS) is 1. The van der Waals surface area contributed by atoms with Gasteiger partial charge in [0.15, 0.2) is 5.82 Å². The third-order valence-electron chi connectivity index (χ3n) is 3.83. The van der Waals surface area contributed by atoms with Crippen molar-refractivity contribution in [3.8, 4) is 0 Å². The number of hydrogen-bond donors (Lipinski definition) is 1. The fourth-order valence-electron chi connectivity index (χ4n) is 3.04. The van der Waals surface area contributed by atoms with Crippen LogP contribution in [0.4, 0.5) is 0 Å². The van der Waals surface area contributed by atoms with Crippen LogP contribution in [0.15, 0.2) is 16.7 Å². The topological polar surface area (TPSA) is 76.2 Å². The maximum atomic E-state index is 11.3. The highest BCUT2D eigenvalue weighted by atomic mass is 16.5. The molecule has 1 aromatic heterocycles. The van der Waals surface area contributed by atoms with Gasteiger partial charge in [-0.05, 0) is 18.3 Å². The second-order valence-electron chi connectivity index (χ2n) is 4.74. The van der Waals surface area contributed by atoms with E-state index in [4.69, 9.17) is 4.52 Å². The van der Waals surface area contributed by atoms with Crippen LogP contribution in [0.5, 0.6) is 0 Å². The maximum absolute atomic E-state index is 11.3. The molecule has 0 saturated heterocycles. The van der Waals surface area contributed by atoms with Gasteiger partial charge in [0.2, 0.25) is 5.89 Å². The van der Waals surface area contributed by atoms with E-state index in [0.717, 1.165) is 6.42 Å². The van der Waals surface area contributed by atoms with E-state index in [1.165, 1.54) is 0 Å². The second kappa shape index (κ2) is 3.68. The van der Waals surface area contributed by atoms with E-state index in [1.54, 1.807) is 0 Å². The van der Waals surface area contributed by atoms with Crippen LogP contribution < -0.4 is 0 Å². The average Bonchev–Trinajstić information content (AvgIpc) is 3.02. The largest absolute Gasteiger partial charge is 0.481 e. The molecule has 1 heterocycles. The fraction of sp³-hybridized carbons (Fsp3) is 0.583. The average molecular weight is 234 g/mol. The van der Waals surface area contributed by atoms with Gasteiger partial charge in [-0.3, -0.25) is 4.79 Å². The molecule has 0 unspecified atom stereocenters. The normalized spacial score (nSPS) is 34.4. The number of aryl methyl sites for hydroxylation is 1. The Hall–Kier alpha value is -1.65. The molecule has 2 aliphatic rings. The molecular weight excluding hydrogens is 220 g/mol. The highest BCUT2D eigenvalue weighted by molar-refractivity contribution is 5.73. The highest BCUT2D eigenvalue weighted by Crippen LogP contribution is 2.52. The van der Waals surface area contributed by atoms with E-state index >= 15 is 0 Å².